The summed E-state index contributed by atoms with van der Waals surface area (Å²) in [5.41, 5.74) is 8.00. The summed E-state index contributed by atoms with van der Waals surface area (Å²) >= 11 is 0. The molecule has 0 saturated carbocycles. The highest BCUT2D eigenvalue weighted by Crippen LogP contribution is 2.19. The van der Waals surface area contributed by atoms with Gasteiger partial charge in [-0.3, -0.25) is 4.98 Å². The molecule has 0 saturated heterocycles. The van der Waals surface area contributed by atoms with Crippen LogP contribution in [-0.4, -0.2) is 39.7 Å². The largest absolute Gasteiger partial charge is 0.334 e. The van der Waals surface area contributed by atoms with Crippen LogP contribution in [0.3, 0.4) is 0 Å². The zero-order valence-electron chi connectivity index (χ0n) is 12.2. The van der Waals surface area contributed by atoms with Crippen molar-refractivity contribution in [1.82, 2.24) is 20.0 Å². The first-order valence-electron chi connectivity index (χ1n) is 6.87. The maximum atomic E-state index is 6.13. The minimum absolute atomic E-state index is 0.245. The van der Waals surface area contributed by atoms with E-state index in [0.717, 1.165) is 30.8 Å². The van der Waals surface area contributed by atoms with Crippen LogP contribution in [0.4, 0.5) is 0 Å². The Morgan fingerprint density at radius 1 is 1.30 bits per heavy atom. The number of hydrogen-bond acceptors (Lipinski definition) is 6. The third kappa shape index (κ3) is 3.40. The number of likely N-dealkylation sites (N-methyl/N-ethyl adjacent to an activating group) is 1. The second-order valence-corrected chi connectivity index (χ2v) is 4.80. The molecule has 2 N–H and O–H groups in total. The molecule has 0 aliphatic carbocycles. The molecule has 6 nitrogen and oxygen atoms in total. The van der Waals surface area contributed by atoms with Crippen molar-refractivity contribution in [2.75, 3.05) is 19.6 Å². The molecular formula is C14H21N5O. The lowest BCUT2D eigenvalue weighted by molar-refractivity contribution is 0.278. The van der Waals surface area contributed by atoms with Gasteiger partial charge in [0.1, 0.15) is 0 Å². The standard InChI is InChI=1S/C14H21N5O/c1-4-19(5-2)9-12(15)13-17-14(20-18-13)11-6-10(3)7-16-8-11/h6-8,12H,4-5,9,15H2,1-3H3. The first-order chi connectivity index (χ1) is 9.63. The van der Waals surface area contributed by atoms with Gasteiger partial charge in [0.15, 0.2) is 5.82 Å². The predicted octanol–water partition coefficient (Wildman–Crippen LogP) is 1.78. The molecule has 2 aromatic heterocycles. The van der Waals surface area contributed by atoms with Crippen LogP contribution in [0.5, 0.6) is 0 Å². The lowest BCUT2D eigenvalue weighted by Gasteiger charge is -2.20. The van der Waals surface area contributed by atoms with Gasteiger partial charge in [0.2, 0.25) is 0 Å². The van der Waals surface area contributed by atoms with Crippen LogP contribution in [0.1, 0.15) is 31.3 Å². The van der Waals surface area contributed by atoms with Crippen LogP contribution in [0.2, 0.25) is 0 Å². The molecule has 1 atom stereocenters. The van der Waals surface area contributed by atoms with Crippen molar-refractivity contribution in [3.8, 4) is 11.5 Å². The summed E-state index contributed by atoms with van der Waals surface area (Å²) in [5.74, 6) is 1.000. The Kier molecular flexibility index (Phi) is 4.81. The van der Waals surface area contributed by atoms with Crippen LogP contribution in [0.15, 0.2) is 23.0 Å². The summed E-state index contributed by atoms with van der Waals surface area (Å²) in [6, 6.07) is 1.71. The van der Waals surface area contributed by atoms with Crippen molar-refractivity contribution in [3.05, 3.63) is 29.8 Å². The molecule has 0 aromatic carbocycles. The fraction of sp³-hybridized carbons (Fsp3) is 0.500. The molecule has 108 valence electrons. The zero-order chi connectivity index (χ0) is 14.5. The van der Waals surface area contributed by atoms with Crippen LogP contribution >= 0.6 is 0 Å². The Labute approximate surface area is 119 Å². The second kappa shape index (κ2) is 6.58. The Balaban J connectivity index is 2.12. The molecule has 20 heavy (non-hydrogen) atoms. The van der Waals surface area contributed by atoms with E-state index in [2.05, 4.69) is 33.9 Å². The van der Waals surface area contributed by atoms with Gasteiger partial charge in [-0.1, -0.05) is 19.0 Å². The molecule has 0 spiro atoms. The maximum Gasteiger partial charge on any atom is 0.259 e. The molecule has 2 rings (SSSR count). The highest BCUT2D eigenvalue weighted by atomic mass is 16.5. The predicted molar refractivity (Wildman–Crippen MR) is 77.0 cm³/mol. The highest BCUT2D eigenvalue weighted by Gasteiger charge is 2.17. The third-order valence-electron chi connectivity index (χ3n) is 3.24. The number of aryl methyl sites for hydroxylation is 1. The average Bonchev–Trinajstić information content (AvgIpc) is 2.94. The van der Waals surface area contributed by atoms with Crippen LogP contribution in [0, 0.1) is 6.92 Å². The smallest absolute Gasteiger partial charge is 0.259 e. The fourth-order valence-electron chi connectivity index (χ4n) is 2.02. The Morgan fingerprint density at radius 3 is 2.70 bits per heavy atom. The number of pyridine rings is 1. The van der Waals surface area contributed by atoms with Crippen molar-refractivity contribution in [2.24, 2.45) is 5.73 Å². The van der Waals surface area contributed by atoms with Gasteiger partial charge in [0.25, 0.3) is 5.89 Å². The molecule has 0 radical (unpaired) electrons. The lowest BCUT2D eigenvalue weighted by atomic mass is 10.2. The third-order valence-corrected chi connectivity index (χ3v) is 3.24. The first kappa shape index (κ1) is 14.6. The molecule has 0 amide bonds. The van der Waals surface area contributed by atoms with Gasteiger partial charge in [-0.25, -0.2) is 0 Å². The van der Waals surface area contributed by atoms with Gasteiger partial charge in [0.05, 0.1) is 11.6 Å². The first-order valence-corrected chi connectivity index (χ1v) is 6.87. The molecule has 0 bridgehead atoms. The van der Waals surface area contributed by atoms with E-state index >= 15 is 0 Å². The van der Waals surface area contributed by atoms with Crippen LogP contribution in [-0.2, 0) is 0 Å². The molecule has 0 aliphatic heterocycles. The van der Waals surface area contributed by atoms with E-state index in [1.807, 2.05) is 13.0 Å². The molecule has 2 aromatic rings. The van der Waals surface area contributed by atoms with Crippen molar-refractivity contribution in [1.29, 1.82) is 0 Å². The van der Waals surface area contributed by atoms with Gasteiger partial charge in [-0.15, -0.1) is 0 Å². The van der Waals surface area contributed by atoms with E-state index < -0.39 is 0 Å². The van der Waals surface area contributed by atoms with Crippen molar-refractivity contribution < 1.29 is 4.52 Å². The summed E-state index contributed by atoms with van der Waals surface area (Å²) in [5, 5.41) is 3.98. The monoisotopic (exact) mass is 275 g/mol. The Morgan fingerprint density at radius 2 is 2.05 bits per heavy atom. The molecule has 6 heteroatoms. The summed E-state index contributed by atoms with van der Waals surface area (Å²) in [6.07, 6.45) is 3.49. The molecule has 2 heterocycles. The van der Waals surface area contributed by atoms with Crippen LogP contribution < -0.4 is 5.73 Å². The van der Waals surface area contributed by atoms with E-state index in [1.165, 1.54) is 0 Å². The summed E-state index contributed by atoms with van der Waals surface area (Å²) in [6.45, 7) is 8.82. The fourth-order valence-corrected chi connectivity index (χ4v) is 2.02. The number of aromatic nitrogens is 3. The maximum absolute atomic E-state index is 6.13. The van der Waals surface area contributed by atoms with E-state index in [9.17, 15) is 0 Å². The highest BCUT2D eigenvalue weighted by molar-refractivity contribution is 5.51. The summed E-state index contributed by atoms with van der Waals surface area (Å²) < 4.78 is 5.28. The number of rotatable bonds is 6. The van der Waals surface area contributed by atoms with Crippen molar-refractivity contribution in [2.45, 2.75) is 26.8 Å². The van der Waals surface area contributed by atoms with Crippen molar-refractivity contribution in [3.63, 3.8) is 0 Å². The molecule has 1 unspecified atom stereocenters. The van der Waals surface area contributed by atoms with Gasteiger partial charge in [-0.05, 0) is 31.6 Å². The summed E-state index contributed by atoms with van der Waals surface area (Å²) in [4.78, 5) is 10.7. The van der Waals surface area contributed by atoms with Crippen molar-refractivity contribution >= 4 is 0 Å². The average molecular weight is 275 g/mol. The van der Waals surface area contributed by atoms with E-state index in [4.69, 9.17) is 10.3 Å². The van der Waals surface area contributed by atoms with Gasteiger partial charge < -0.3 is 15.2 Å². The zero-order valence-corrected chi connectivity index (χ0v) is 12.2. The molecule has 0 aliphatic rings. The van der Waals surface area contributed by atoms with Crippen LogP contribution in [0.25, 0.3) is 11.5 Å². The number of hydrogen-bond donors (Lipinski definition) is 1. The second-order valence-electron chi connectivity index (χ2n) is 4.80. The quantitative estimate of drug-likeness (QED) is 0.865. The molecule has 0 fully saturated rings. The Bertz CT molecular complexity index is 550. The normalized spacial score (nSPS) is 12.8. The van der Waals surface area contributed by atoms with E-state index in [-0.39, 0.29) is 6.04 Å². The van der Waals surface area contributed by atoms with E-state index in [0.29, 0.717) is 11.7 Å². The number of nitrogens with zero attached hydrogens (tertiary/aromatic N) is 4. The lowest BCUT2D eigenvalue weighted by Crippen LogP contribution is -2.32. The van der Waals surface area contributed by atoms with Gasteiger partial charge >= 0.3 is 0 Å². The van der Waals surface area contributed by atoms with Gasteiger partial charge in [0, 0.05) is 18.9 Å². The Hall–Kier alpha value is -1.79. The number of nitrogens with two attached hydrogens (primary N) is 1. The SMILES string of the molecule is CCN(CC)CC(N)c1noc(-c2cncc(C)c2)n1. The van der Waals surface area contributed by atoms with Gasteiger partial charge in [-0.2, -0.15) is 4.98 Å². The summed E-state index contributed by atoms with van der Waals surface area (Å²) in [7, 11) is 0. The molecular weight excluding hydrogens is 254 g/mol. The minimum atomic E-state index is -0.245. The minimum Gasteiger partial charge on any atom is -0.334 e. The van der Waals surface area contributed by atoms with E-state index in [1.54, 1.807) is 12.4 Å². The topological polar surface area (TPSA) is 81.1 Å².